The molecule has 0 fully saturated rings. The van der Waals surface area contributed by atoms with Crippen molar-refractivity contribution in [1.29, 1.82) is 0 Å². The van der Waals surface area contributed by atoms with Gasteiger partial charge in [-0.2, -0.15) is 5.10 Å². The second-order valence-corrected chi connectivity index (χ2v) is 5.71. The normalized spacial score (nSPS) is 10.8. The van der Waals surface area contributed by atoms with Crippen molar-refractivity contribution in [3.63, 3.8) is 0 Å². The molecule has 0 bridgehead atoms. The Morgan fingerprint density at radius 2 is 1.88 bits per heavy atom. The number of hydrogen-bond donors (Lipinski definition) is 2. The van der Waals surface area contributed by atoms with Gasteiger partial charge in [-0.05, 0) is 24.6 Å². The number of hydrogen-bond acceptors (Lipinski definition) is 5. The van der Waals surface area contributed by atoms with E-state index in [4.69, 9.17) is 4.74 Å². The van der Waals surface area contributed by atoms with E-state index in [0.29, 0.717) is 11.5 Å². The van der Waals surface area contributed by atoms with Gasteiger partial charge < -0.3 is 10.1 Å². The molecule has 25 heavy (non-hydrogen) atoms. The summed E-state index contributed by atoms with van der Waals surface area (Å²) in [5.74, 6) is 1.43. The van der Waals surface area contributed by atoms with Crippen LogP contribution in [0.25, 0.3) is 22.3 Å². The first-order valence-electron chi connectivity index (χ1n) is 7.92. The minimum atomic E-state index is 0.614. The average molecular weight is 331 g/mol. The summed E-state index contributed by atoms with van der Waals surface area (Å²) >= 11 is 0. The number of aromatic amines is 1. The molecule has 0 aliphatic heterocycles. The van der Waals surface area contributed by atoms with E-state index in [1.54, 1.807) is 7.11 Å². The number of H-pyrrole nitrogens is 1. The Morgan fingerprint density at radius 3 is 2.68 bits per heavy atom. The van der Waals surface area contributed by atoms with Gasteiger partial charge in [-0.1, -0.05) is 36.4 Å². The van der Waals surface area contributed by atoms with Gasteiger partial charge in [0.05, 0.1) is 23.9 Å². The summed E-state index contributed by atoms with van der Waals surface area (Å²) in [6, 6.07) is 16.0. The zero-order chi connectivity index (χ0) is 17.2. The molecule has 0 unspecified atom stereocenters. The van der Waals surface area contributed by atoms with Crippen molar-refractivity contribution < 1.29 is 4.74 Å². The van der Waals surface area contributed by atoms with Gasteiger partial charge in [0.1, 0.15) is 17.9 Å². The van der Waals surface area contributed by atoms with Crippen molar-refractivity contribution in [2.45, 2.75) is 6.92 Å². The van der Waals surface area contributed by atoms with Crippen LogP contribution in [0.3, 0.4) is 0 Å². The molecule has 0 saturated heterocycles. The van der Waals surface area contributed by atoms with Crippen LogP contribution in [0.5, 0.6) is 5.75 Å². The van der Waals surface area contributed by atoms with Crippen LogP contribution < -0.4 is 10.1 Å². The zero-order valence-corrected chi connectivity index (χ0v) is 13.9. The molecule has 6 heteroatoms. The Morgan fingerprint density at radius 1 is 1.04 bits per heavy atom. The summed E-state index contributed by atoms with van der Waals surface area (Å²) in [5.41, 5.74) is 4.50. The molecule has 0 spiro atoms. The minimum Gasteiger partial charge on any atom is -0.495 e. The molecule has 4 rings (SSSR count). The molecule has 0 aliphatic carbocycles. The molecule has 2 aromatic heterocycles. The van der Waals surface area contributed by atoms with Gasteiger partial charge in [-0.3, -0.25) is 5.10 Å². The maximum absolute atomic E-state index is 5.45. The van der Waals surface area contributed by atoms with E-state index in [-0.39, 0.29) is 0 Å². The second-order valence-electron chi connectivity index (χ2n) is 5.71. The predicted molar refractivity (Wildman–Crippen MR) is 98.1 cm³/mol. The third kappa shape index (κ3) is 2.78. The molecule has 2 aromatic carbocycles. The van der Waals surface area contributed by atoms with E-state index in [9.17, 15) is 0 Å². The lowest BCUT2D eigenvalue weighted by Gasteiger charge is -2.12. The maximum atomic E-state index is 5.45. The Balaban J connectivity index is 1.86. The summed E-state index contributed by atoms with van der Waals surface area (Å²) in [5, 5.41) is 11.6. The number of ether oxygens (including phenoxy) is 1. The fraction of sp³-hybridized carbons (Fsp3) is 0.105. The first-order chi connectivity index (χ1) is 12.3. The average Bonchev–Trinajstić information content (AvgIpc) is 3.08. The molecule has 0 saturated carbocycles. The monoisotopic (exact) mass is 331 g/mol. The van der Waals surface area contributed by atoms with Crippen molar-refractivity contribution in [2.75, 3.05) is 12.4 Å². The van der Waals surface area contributed by atoms with E-state index in [2.05, 4.69) is 25.5 Å². The van der Waals surface area contributed by atoms with E-state index in [1.165, 1.54) is 6.33 Å². The van der Waals surface area contributed by atoms with Gasteiger partial charge in [0.15, 0.2) is 5.65 Å². The quantitative estimate of drug-likeness (QED) is 0.589. The van der Waals surface area contributed by atoms with Gasteiger partial charge in [0.2, 0.25) is 0 Å². The standard InChI is InChI=1S/C19H17N5O/c1-12-8-9-15(25-2)14(10-12)22-18-16-17(13-6-4-3-5-7-13)23-24-19(16)21-11-20-18/h3-11H,1-2H3,(H2,20,21,22,23,24). The highest BCUT2D eigenvalue weighted by atomic mass is 16.5. The van der Waals surface area contributed by atoms with Crippen LogP contribution in [-0.2, 0) is 0 Å². The summed E-state index contributed by atoms with van der Waals surface area (Å²) in [4.78, 5) is 8.69. The third-order valence-electron chi connectivity index (χ3n) is 4.02. The lowest BCUT2D eigenvalue weighted by Crippen LogP contribution is -1.99. The van der Waals surface area contributed by atoms with Crippen LogP contribution in [0, 0.1) is 6.92 Å². The van der Waals surface area contributed by atoms with E-state index in [0.717, 1.165) is 33.6 Å². The first-order valence-corrected chi connectivity index (χ1v) is 7.92. The molecule has 0 aliphatic rings. The Kier molecular flexibility index (Phi) is 3.78. The van der Waals surface area contributed by atoms with Crippen molar-refractivity contribution in [1.82, 2.24) is 20.2 Å². The summed E-state index contributed by atoms with van der Waals surface area (Å²) in [6.07, 6.45) is 1.50. The van der Waals surface area contributed by atoms with Crippen molar-refractivity contribution >= 4 is 22.5 Å². The smallest absolute Gasteiger partial charge is 0.186 e. The second kappa shape index (κ2) is 6.24. The molecule has 6 nitrogen and oxygen atoms in total. The minimum absolute atomic E-state index is 0.614. The number of methoxy groups -OCH3 is 1. The first kappa shape index (κ1) is 15.1. The van der Waals surface area contributed by atoms with Crippen LogP contribution in [0.15, 0.2) is 54.9 Å². The van der Waals surface area contributed by atoms with Crippen LogP contribution >= 0.6 is 0 Å². The summed E-state index contributed by atoms with van der Waals surface area (Å²) in [7, 11) is 1.65. The van der Waals surface area contributed by atoms with Crippen LogP contribution in [0.2, 0.25) is 0 Å². The molecule has 0 amide bonds. The Labute approximate surface area is 144 Å². The van der Waals surface area contributed by atoms with E-state index < -0.39 is 0 Å². The van der Waals surface area contributed by atoms with Gasteiger partial charge in [0.25, 0.3) is 0 Å². The zero-order valence-electron chi connectivity index (χ0n) is 13.9. The van der Waals surface area contributed by atoms with Crippen LogP contribution in [0.4, 0.5) is 11.5 Å². The number of rotatable bonds is 4. The van der Waals surface area contributed by atoms with E-state index >= 15 is 0 Å². The molecular formula is C19H17N5O. The maximum Gasteiger partial charge on any atom is 0.186 e. The molecular weight excluding hydrogens is 314 g/mol. The molecule has 2 N–H and O–H groups in total. The topological polar surface area (TPSA) is 75.7 Å². The number of benzene rings is 2. The van der Waals surface area contributed by atoms with Crippen LogP contribution in [0.1, 0.15) is 5.56 Å². The lowest BCUT2D eigenvalue weighted by atomic mass is 10.1. The SMILES string of the molecule is COc1ccc(C)cc1Nc1ncnc2n[nH]c(-c3ccccc3)c12. The van der Waals surface area contributed by atoms with Gasteiger partial charge >= 0.3 is 0 Å². The van der Waals surface area contributed by atoms with Gasteiger partial charge in [0, 0.05) is 5.56 Å². The molecule has 4 aromatic rings. The lowest BCUT2D eigenvalue weighted by molar-refractivity contribution is 0.416. The number of anilines is 2. The van der Waals surface area contributed by atoms with Crippen molar-refractivity contribution in [3.05, 3.63) is 60.4 Å². The van der Waals surface area contributed by atoms with Crippen molar-refractivity contribution in [2.24, 2.45) is 0 Å². The summed E-state index contributed by atoms with van der Waals surface area (Å²) in [6.45, 7) is 2.04. The summed E-state index contributed by atoms with van der Waals surface area (Å²) < 4.78 is 5.45. The Hall–Kier alpha value is -3.41. The highest BCUT2D eigenvalue weighted by Gasteiger charge is 2.15. The number of nitrogens with zero attached hydrogens (tertiary/aromatic N) is 3. The third-order valence-corrected chi connectivity index (χ3v) is 4.02. The molecule has 0 atom stereocenters. The van der Waals surface area contributed by atoms with Crippen molar-refractivity contribution in [3.8, 4) is 17.0 Å². The fourth-order valence-electron chi connectivity index (χ4n) is 2.81. The van der Waals surface area contributed by atoms with Gasteiger partial charge in [-0.25, -0.2) is 9.97 Å². The fourth-order valence-corrected chi connectivity index (χ4v) is 2.81. The molecule has 2 heterocycles. The molecule has 0 radical (unpaired) electrons. The number of fused-ring (bicyclic) bond motifs is 1. The van der Waals surface area contributed by atoms with Crippen LogP contribution in [-0.4, -0.2) is 27.3 Å². The Bertz CT molecular complexity index is 1030. The van der Waals surface area contributed by atoms with Gasteiger partial charge in [-0.15, -0.1) is 0 Å². The predicted octanol–water partition coefficient (Wildman–Crippen LogP) is 4.08. The largest absolute Gasteiger partial charge is 0.495 e. The number of aryl methyl sites for hydroxylation is 1. The highest BCUT2D eigenvalue weighted by Crippen LogP contribution is 2.34. The molecule has 124 valence electrons. The highest BCUT2D eigenvalue weighted by molar-refractivity contribution is 5.99. The number of nitrogens with one attached hydrogen (secondary N) is 2. The van der Waals surface area contributed by atoms with E-state index in [1.807, 2.05) is 55.5 Å². The number of aromatic nitrogens is 4.